The lowest BCUT2D eigenvalue weighted by Crippen LogP contribution is -2.57. The summed E-state index contributed by atoms with van der Waals surface area (Å²) >= 11 is 0. The highest BCUT2D eigenvalue weighted by atomic mass is 16.5. The Morgan fingerprint density at radius 3 is 1.67 bits per heavy atom. The number of benzene rings is 6. The van der Waals surface area contributed by atoms with Gasteiger partial charge in [-0.2, -0.15) is 0 Å². The van der Waals surface area contributed by atoms with Crippen molar-refractivity contribution in [3.8, 4) is 28.7 Å². The number of rotatable bonds is 2. The molecule has 0 unspecified atom stereocenters. The van der Waals surface area contributed by atoms with Crippen molar-refractivity contribution in [3.63, 3.8) is 0 Å². The predicted octanol–water partition coefficient (Wildman–Crippen LogP) is 11.5. The van der Waals surface area contributed by atoms with Crippen LogP contribution in [0.15, 0.2) is 103 Å². The zero-order chi connectivity index (χ0) is 38.3. The number of fused-ring (bicyclic) bond motifs is 11. The maximum absolute atomic E-state index is 7.12. The molecule has 55 heavy (non-hydrogen) atoms. The van der Waals surface area contributed by atoms with Gasteiger partial charge in [0.15, 0.2) is 0 Å². The third-order valence-electron chi connectivity index (χ3n) is 12.3. The minimum absolute atomic E-state index is 0.0174. The standard InChI is InChI=1S/C50H49BN2O2/c1-11-52-36-16-13-12-15-32(36)44-46-43(55-42-18-14-17-41-45(42)51(46)35-27-31(50(8,9)10)21-24-40(35)54-41)28-39(47(44)52)53-37-22-19-29(48(2,3)4)25-33(37)34-26-30(49(5,6)7)20-23-38(34)53/h12-28H,11H2,1-10H3. The van der Waals surface area contributed by atoms with Crippen LogP contribution in [0.4, 0.5) is 0 Å². The van der Waals surface area contributed by atoms with E-state index in [1.54, 1.807) is 0 Å². The van der Waals surface area contributed by atoms with Gasteiger partial charge in [-0.1, -0.05) is 111 Å². The summed E-state index contributed by atoms with van der Waals surface area (Å²) in [6, 6.07) is 38.6. The van der Waals surface area contributed by atoms with Gasteiger partial charge < -0.3 is 18.6 Å². The summed E-state index contributed by atoms with van der Waals surface area (Å²) < 4.78 is 18.9. The summed E-state index contributed by atoms with van der Waals surface area (Å²) in [5.74, 6) is 3.54. The van der Waals surface area contributed by atoms with Gasteiger partial charge in [-0.05, 0) is 99.3 Å². The molecule has 0 fully saturated rings. The molecule has 6 aromatic carbocycles. The first-order valence-electron chi connectivity index (χ1n) is 19.9. The fourth-order valence-electron chi connectivity index (χ4n) is 9.33. The summed E-state index contributed by atoms with van der Waals surface area (Å²) in [6.45, 7) is 23.7. The van der Waals surface area contributed by atoms with E-state index in [9.17, 15) is 0 Å². The van der Waals surface area contributed by atoms with Gasteiger partial charge in [0.1, 0.15) is 23.0 Å². The van der Waals surface area contributed by atoms with Crippen molar-refractivity contribution < 1.29 is 9.47 Å². The van der Waals surface area contributed by atoms with Crippen molar-refractivity contribution in [2.75, 3.05) is 0 Å². The second-order valence-electron chi connectivity index (χ2n) is 18.9. The Kier molecular flexibility index (Phi) is 7.02. The van der Waals surface area contributed by atoms with E-state index >= 15 is 0 Å². The van der Waals surface area contributed by atoms with Crippen LogP contribution < -0.4 is 25.9 Å². The minimum Gasteiger partial charge on any atom is -0.458 e. The summed E-state index contributed by atoms with van der Waals surface area (Å²) in [6.07, 6.45) is 0. The molecule has 0 atom stereocenters. The molecule has 0 N–H and O–H groups in total. The predicted molar refractivity (Wildman–Crippen MR) is 233 cm³/mol. The number of nitrogens with zero attached hydrogens (tertiary/aromatic N) is 2. The molecular weight excluding hydrogens is 671 g/mol. The summed E-state index contributed by atoms with van der Waals surface area (Å²) in [5.41, 5.74) is 13.5. The molecule has 2 aliphatic rings. The number of para-hydroxylation sites is 1. The lowest BCUT2D eigenvalue weighted by atomic mass is 9.34. The van der Waals surface area contributed by atoms with Crippen molar-refractivity contribution in [1.29, 1.82) is 0 Å². The van der Waals surface area contributed by atoms with Crippen LogP contribution in [-0.4, -0.2) is 15.8 Å². The lowest BCUT2D eigenvalue weighted by Gasteiger charge is -2.34. The molecule has 8 aromatic rings. The van der Waals surface area contributed by atoms with Crippen molar-refractivity contribution in [1.82, 2.24) is 9.13 Å². The molecule has 0 radical (unpaired) electrons. The number of aryl methyl sites for hydroxylation is 1. The second kappa shape index (κ2) is 11.3. The Morgan fingerprint density at radius 2 is 1.07 bits per heavy atom. The molecule has 2 aromatic heterocycles. The summed E-state index contributed by atoms with van der Waals surface area (Å²) in [5, 5.41) is 5.05. The van der Waals surface area contributed by atoms with Crippen molar-refractivity contribution >= 4 is 66.7 Å². The van der Waals surface area contributed by atoms with Gasteiger partial charge in [0.05, 0.1) is 22.2 Å². The molecule has 5 heteroatoms. The van der Waals surface area contributed by atoms with Gasteiger partial charge in [0.2, 0.25) is 0 Å². The number of hydrogen-bond acceptors (Lipinski definition) is 2. The highest BCUT2D eigenvalue weighted by Gasteiger charge is 2.43. The Labute approximate surface area is 324 Å². The third kappa shape index (κ3) is 4.91. The van der Waals surface area contributed by atoms with Gasteiger partial charge in [0.25, 0.3) is 6.71 Å². The van der Waals surface area contributed by atoms with Crippen molar-refractivity contribution in [2.24, 2.45) is 0 Å². The maximum Gasteiger partial charge on any atom is 0.261 e. The van der Waals surface area contributed by atoms with Crippen LogP contribution in [0.1, 0.15) is 85.9 Å². The Bertz CT molecular complexity index is 2850. The molecule has 0 saturated heterocycles. The normalized spacial score (nSPS) is 14.0. The van der Waals surface area contributed by atoms with Crippen molar-refractivity contribution in [3.05, 3.63) is 120 Å². The number of ether oxygens (including phenoxy) is 2. The van der Waals surface area contributed by atoms with Crippen LogP contribution in [0, 0.1) is 0 Å². The molecule has 274 valence electrons. The molecule has 0 bridgehead atoms. The van der Waals surface area contributed by atoms with E-state index in [-0.39, 0.29) is 23.0 Å². The number of aromatic nitrogens is 2. The van der Waals surface area contributed by atoms with Gasteiger partial charge in [0, 0.05) is 45.1 Å². The van der Waals surface area contributed by atoms with Gasteiger partial charge in [-0.3, -0.25) is 0 Å². The molecule has 0 spiro atoms. The topological polar surface area (TPSA) is 28.3 Å². The quantitative estimate of drug-likeness (QED) is 0.166. The van der Waals surface area contributed by atoms with E-state index in [1.165, 1.54) is 71.2 Å². The number of hydrogen-bond donors (Lipinski definition) is 0. The van der Waals surface area contributed by atoms with E-state index in [4.69, 9.17) is 9.47 Å². The summed E-state index contributed by atoms with van der Waals surface area (Å²) in [4.78, 5) is 0. The van der Waals surface area contributed by atoms with Crippen LogP contribution in [0.2, 0.25) is 0 Å². The molecule has 0 amide bonds. The smallest absolute Gasteiger partial charge is 0.261 e. The molecule has 0 aliphatic carbocycles. The average Bonchev–Trinajstić information content (AvgIpc) is 3.65. The van der Waals surface area contributed by atoms with E-state index in [2.05, 4.69) is 181 Å². The van der Waals surface area contributed by atoms with Crippen LogP contribution in [0.5, 0.6) is 23.0 Å². The first-order chi connectivity index (χ1) is 26.1. The molecule has 2 aliphatic heterocycles. The first kappa shape index (κ1) is 34.1. The first-order valence-corrected chi connectivity index (χ1v) is 19.9. The van der Waals surface area contributed by atoms with E-state index in [1.807, 2.05) is 0 Å². The Balaban J connectivity index is 1.37. The molecule has 10 rings (SSSR count). The average molecular weight is 721 g/mol. The van der Waals surface area contributed by atoms with Crippen LogP contribution in [-0.2, 0) is 22.8 Å². The van der Waals surface area contributed by atoms with Crippen LogP contribution in [0.3, 0.4) is 0 Å². The maximum atomic E-state index is 7.12. The largest absolute Gasteiger partial charge is 0.458 e. The van der Waals surface area contributed by atoms with Gasteiger partial charge >= 0.3 is 0 Å². The SMILES string of the molecule is CCn1c2ccccc2c2c3c(cc(-n4c5ccc(C(C)(C)C)cc5c5cc(C(C)(C)C)ccc54)c21)Oc1cccc2c1B3c1cc(C(C)(C)C)ccc1O2. The Morgan fingerprint density at radius 1 is 0.509 bits per heavy atom. The third-order valence-corrected chi connectivity index (χ3v) is 12.3. The van der Waals surface area contributed by atoms with E-state index < -0.39 is 0 Å². The second-order valence-corrected chi connectivity index (χ2v) is 18.9. The molecule has 0 saturated carbocycles. The molecule has 4 nitrogen and oxygen atoms in total. The summed E-state index contributed by atoms with van der Waals surface area (Å²) in [7, 11) is 0. The van der Waals surface area contributed by atoms with Crippen LogP contribution in [0.25, 0.3) is 49.3 Å². The van der Waals surface area contributed by atoms with E-state index in [0.717, 1.165) is 40.7 Å². The molecule has 4 heterocycles. The van der Waals surface area contributed by atoms with Gasteiger partial charge in [-0.15, -0.1) is 0 Å². The van der Waals surface area contributed by atoms with Crippen molar-refractivity contribution in [2.45, 2.75) is 92.0 Å². The Hall–Kier alpha value is -5.42. The highest BCUT2D eigenvalue weighted by molar-refractivity contribution is 6.99. The van der Waals surface area contributed by atoms with Crippen LogP contribution >= 0.6 is 0 Å². The monoisotopic (exact) mass is 720 g/mol. The van der Waals surface area contributed by atoms with E-state index in [0.29, 0.717) is 0 Å². The highest BCUT2D eigenvalue weighted by Crippen LogP contribution is 2.45. The lowest BCUT2D eigenvalue weighted by molar-refractivity contribution is 0.464. The molecular formula is C50H49BN2O2. The minimum atomic E-state index is -0.0597. The van der Waals surface area contributed by atoms with Gasteiger partial charge in [-0.25, -0.2) is 0 Å². The fourth-order valence-corrected chi connectivity index (χ4v) is 9.33. The zero-order valence-corrected chi connectivity index (χ0v) is 33.8. The zero-order valence-electron chi connectivity index (χ0n) is 33.8. The fraction of sp³-hybridized carbons (Fsp3) is 0.280.